The van der Waals surface area contributed by atoms with Gasteiger partial charge in [0.25, 0.3) is 0 Å². The molecule has 4 heterocycles. The Morgan fingerprint density at radius 3 is 1.75 bits per heavy atom. The number of hydrogen-bond acceptors (Lipinski definition) is 4. The zero-order valence-electron chi connectivity index (χ0n) is 13.4. The van der Waals surface area contributed by atoms with E-state index >= 15 is 0 Å². The zero-order chi connectivity index (χ0) is 15.9. The lowest BCUT2D eigenvalue weighted by Gasteiger charge is -2.24. The van der Waals surface area contributed by atoms with Gasteiger partial charge < -0.3 is 9.80 Å². The molecule has 0 atom stereocenters. The molecule has 2 aliphatic rings. The molecule has 4 heteroatoms. The molecule has 0 spiro atoms. The first-order chi connectivity index (χ1) is 11.9. The fraction of sp³-hybridized carbons (Fsp3) is 0.200. The van der Waals surface area contributed by atoms with Crippen LogP contribution in [0.15, 0.2) is 60.9 Å². The fourth-order valence-electron chi connectivity index (χ4n) is 3.78. The highest BCUT2D eigenvalue weighted by Crippen LogP contribution is 2.38. The van der Waals surface area contributed by atoms with Gasteiger partial charge in [-0.25, -0.2) is 0 Å². The van der Waals surface area contributed by atoms with Crippen molar-refractivity contribution in [2.75, 3.05) is 22.9 Å². The van der Waals surface area contributed by atoms with Crippen LogP contribution in [0, 0.1) is 0 Å². The fourth-order valence-corrected chi connectivity index (χ4v) is 3.78. The van der Waals surface area contributed by atoms with Crippen LogP contribution >= 0.6 is 0 Å². The Hall–Kier alpha value is -2.88. The molecule has 0 aliphatic carbocycles. The monoisotopic (exact) mass is 314 g/mol. The van der Waals surface area contributed by atoms with E-state index in [4.69, 9.17) is 0 Å². The van der Waals surface area contributed by atoms with Crippen molar-refractivity contribution in [1.82, 2.24) is 9.97 Å². The second-order valence-corrected chi connectivity index (χ2v) is 6.26. The number of hydrogen-bond donors (Lipinski definition) is 0. The van der Waals surface area contributed by atoms with E-state index in [1.165, 1.54) is 34.1 Å². The van der Waals surface area contributed by atoms with Crippen molar-refractivity contribution < 1.29 is 0 Å². The van der Waals surface area contributed by atoms with Crippen molar-refractivity contribution in [3.05, 3.63) is 72.3 Å². The number of rotatable bonds is 2. The first kappa shape index (κ1) is 13.5. The van der Waals surface area contributed by atoms with Crippen LogP contribution in [-0.4, -0.2) is 23.1 Å². The number of anilines is 4. The molecular weight excluding hydrogens is 296 g/mol. The minimum Gasteiger partial charge on any atom is -0.340 e. The van der Waals surface area contributed by atoms with E-state index in [0.717, 1.165) is 25.9 Å². The molecule has 118 valence electrons. The SMILES string of the molecule is c1cc(N2CCc3ncccc32)cc(N2CCc3ncccc32)c1. The van der Waals surface area contributed by atoms with Gasteiger partial charge in [0.05, 0.1) is 22.8 Å². The van der Waals surface area contributed by atoms with Gasteiger partial charge in [0, 0.05) is 49.7 Å². The van der Waals surface area contributed by atoms with Crippen LogP contribution in [0.25, 0.3) is 0 Å². The van der Waals surface area contributed by atoms with Gasteiger partial charge in [0.1, 0.15) is 0 Å². The molecule has 0 saturated carbocycles. The van der Waals surface area contributed by atoms with Crippen LogP contribution in [0.1, 0.15) is 11.4 Å². The molecule has 0 bridgehead atoms. The van der Waals surface area contributed by atoms with E-state index in [2.05, 4.69) is 56.2 Å². The largest absolute Gasteiger partial charge is 0.340 e. The maximum absolute atomic E-state index is 4.50. The van der Waals surface area contributed by atoms with Gasteiger partial charge in [-0.1, -0.05) is 6.07 Å². The van der Waals surface area contributed by atoms with E-state index in [-0.39, 0.29) is 0 Å². The molecular formula is C20H18N4. The first-order valence-corrected chi connectivity index (χ1v) is 8.43. The Morgan fingerprint density at radius 1 is 0.667 bits per heavy atom. The van der Waals surface area contributed by atoms with E-state index in [0.29, 0.717) is 0 Å². The molecule has 0 N–H and O–H groups in total. The van der Waals surface area contributed by atoms with Crippen LogP contribution in [-0.2, 0) is 12.8 Å². The smallest absolute Gasteiger partial charge is 0.0657 e. The molecule has 2 aliphatic heterocycles. The third-order valence-electron chi connectivity index (χ3n) is 4.91. The summed E-state index contributed by atoms with van der Waals surface area (Å²) >= 11 is 0. The molecule has 0 amide bonds. The van der Waals surface area contributed by atoms with Crippen LogP contribution in [0.2, 0.25) is 0 Å². The summed E-state index contributed by atoms with van der Waals surface area (Å²) in [6.45, 7) is 1.99. The maximum Gasteiger partial charge on any atom is 0.0657 e. The number of pyridine rings is 2. The van der Waals surface area contributed by atoms with Crippen LogP contribution in [0.5, 0.6) is 0 Å². The minimum absolute atomic E-state index is 0.994. The molecule has 0 saturated heterocycles. The Morgan fingerprint density at radius 2 is 1.21 bits per heavy atom. The van der Waals surface area contributed by atoms with Crippen molar-refractivity contribution in [1.29, 1.82) is 0 Å². The number of fused-ring (bicyclic) bond motifs is 2. The van der Waals surface area contributed by atoms with Gasteiger partial charge in [0.15, 0.2) is 0 Å². The molecule has 1 aromatic carbocycles. The number of aromatic nitrogens is 2. The lowest BCUT2D eigenvalue weighted by Crippen LogP contribution is -2.16. The molecule has 2 aromatic heterocycles. The molecule has 5 rings (SSSR count). The van der Waals surface area contributed by atoms with E-state index < -0.39 is 0 Å². The van der Waals surface area contributed by atoms with Crippen molar-refractivity contribution >= 4 is 22.7 Å². The molecule has 0 unspecified atom stereocenters. The second kappa shape index (κ2) is 5.34. The number of nitrogens with zero attached hydrogens (tertiary/aromatic N) is 4. The maximum atomic E-state index is 4.50. The lowest BCUT2D eigenvalue weighted by atomic mass is 10.2. The molecule has 4 nitrogen and oxygen atoms in total. The molecule has 0 radical (unpaired) electrons. The van der Waals surface area contributed by atoms with Gasteiger partial charge >= 0.3 is 0 Å². The van der Waals surface area contributed by atoms with Crippen LogP contribution in [0.3, 0.4) is 0 Å². The summed E-state index contributed by atoms with van der Waals surface area (Å²) in [5.41, 5.74) is 7.32. The minimum atomic E-state index is 0.994. The summed E-state index contributed by atoms with van der Waals surface area (Å²) in [6, 6.07) is 17.2. The summed E-state index contributed by atoms with van der Waals surface area (Å²) in [4.78, 5) is 13.7. The average Bonchev–Trinajstić information content (AvgIpc) is 3.26. The first-order valence-electron chi connectivity index (χ1n) is 8.43. The van der Waals surface area contributed by atoms with E-state index in [1.54, 1.807) is 0 Å². The summed E-state index contributed by atoms with van der Waals surface area (Å²) in [7, 11) is 0. The highest BCUT2D eigenvalue weighted by molar-refractivity contribution is 5.75. The Kier molecular flexibility index (Phi) is 3.01. The van der Waals surface area contributed by atoms with Crippen molar-refractivity contribution in [2.24, 2.45) is 0 Å². The molecule has 24 heavy (non-hydrogen) atoms. The van der Waals surface area contributed by atoms with Gasteiger partial charge in [0.2, 0.25) is 0 Å². The van der Waals surface area contributed by atoms with Crippen molar-refractivity contribution in [2.45, 2.75) is 12.8 Å². The Balaban J connectivity index is 1.52. The summed E-state index contributed by atoms with van der Waals surface area (Å²) in [6.07, 6.45) is 5.79. The van der Waals surface area contributed by atoms with Gasteiger partial charge in [-0.05, 0) is 42.5 Å². The lowest BCUT2D eigenvalue weighted by molar-refractivity contribution is 0.967. The van der Waals surface area contributed by atoms with E-state index in [9.17, 15) is 0 Å². The Labute approximate surface area is 141 Å². The third-order valence-corrected chi connectivity index (χ3v) is 4.91. The summed E-state index contributed by atoms with van der Waals surface area (Å²) < 4.78 is 0. The second-order valence-electron chi connectivity index (χ2n) is 6.26. The van der Waals surface area contributed by atoms with Crippen molar-refractivity contribution in [3.8, 4) is 0 Å². The third kappa shape index (κ3) is 2.07. The zero-order valence-corrected chi connectivity index (χ0v) is 13.4. The number of benzene rings is 1. The van der Waals surface area contributed by atoms with Crippen LogP contribution < -0.4 is 9.80 Å². The van der Waals surface area contributed by atoms with Crippen molar-refractivity contribution in [3.63, 3.8) is 0 Å². The highest BCUT2D eigenvalue weighted by atomic mass is 15.2. The predicted molar refractivity (Wildman–Crippen MR) is 96.3 cm³/mol. The average molecular weight is 314 g/mol. The van der Waals surface area contributed by atoms with E-state index in [1.807, 2.05) is 24.5 Å². The summed E-state index contributed by atoms with van der Waals surface area (Å²) in [5.74, 6) is 0. The van der Waals surface area contributed by atoms with Gasteiger partial charge in [-0.3, -0.25) is 9.97 Å². The summed E-state index contributed by atoms with van der Waals surface area (Å²) in [5, 5.41) is 0. The normalized spacial score (nSPS) is 15.5. The van der Waals surface area contributed by atoms with Crippen LogP contribution in [0.4, 0.5) is 22.7 Å². The predicted octanol–water partition coefficient (Wildman–Crippen LogP) is 3.87. The van der Waals surface area contributed by atoms with Gasteiger partial charge in [-0.2, -0.15) is 0 Å². The van der Waals surface area contributed by atoms with Gasteiger partial charge in [-0.15, -0.1) is 0 Å². The highest BCUT2D eigenvalue weighted by Gasteiger charge is 2.24. The molecule has 3 aromatic rings. The molecule has 0 fully saturated rings. The Bertz CT molecular complexity index is 835. The quantitative estimate of drug-likeness (QED) is 0.719. The standard InChI is InChI=1S/C20H18N4/c1-4-15(23-12-8-17-19(23)6-2-10-21-17)14-16(5-1)24-13-9-18-20(24)7-3-11-22-18/h1-7,10-11,14H,8-9,12-13H2. The topological polar surface area (TPSA) is 32.3 Å².